The minimum Gasteiger partial charge on any atom is -0.369 e. The number of carbonyl (C=O) groups is 1. The van der Waals surface area contributed by atoms with Crippen molar-refractivity contribution in [1.82, 2.24) is 0 Å². The van der Waals surface area contributed by atoms with Gasteiger partial charge in [-0.05, 0) is 50.2 Å². The lowest BCUT2D eigenvalue weighted by Crippen LogP contribution is -2.54. The van der Waals surface area contributed by atoms with Crippen LogP contribution in [-0.2, 0) is 0 Å². The Morgan fingerprint density at radius 3 is 2.12 bits per heavy atom. The number of urea groups is 1. The van der Waals surface area contributed by atoms with E-state index in [0.29, 0.717) is 5.69 Å². The molecule has 0 fully saturated rings. The van der Waals surface area contributed by atoms with Gasteiger partial charge in [0.25, 0.3) is 0 Å². The molecule has 0 atom stereocenters. The van der Waals surface area contributed by atoms with Crippen molar-refractivity contribution >= 4 is 35.0 Å². The number of nitrogens with zero attached hydrogens (tertiary/aromatic N) is 3. The molecule has 6 N–H and O–H groups in total. The third-order valence-corrected chi connectivity index (χ3v) is 3.81. The maximum absolute atomic E-state index is 12.1. The van der Waals surface area contributed by atoms with Crippen LogP contribution in [-0.4, -0.2) is 23.6 Å². The molecule has 0 spiro atoms. The predicted molar refractivity (Wildman–Crippen MR) is 105 cm³/mol. The van der Waals surface area contributed by atoms with Crippen LogP contribution in [0.1, 0.15) is 13.8 Å². The summed E-state index contributed by atoms with van der Waals surface area (Å²) in [7, 11) is 0. The van der Waals surface area contributed by atoms with E-state index in [2.05, 4.69) is 20.6 Å². The lowest BCUT2D eigenvalue weighted by Gasteiger charge is -2.38. The van der Waals surface area contributed by atoms with E-state index in [1.165, 1.54) is 0 Å². The summed E-state index contributed by atoms with van der Waals surface area (Å²) in [5.41, 5.74) is 13.2. The molecule has 1 aliphatic heterocycles. The van der Waals surface area contributed by atoms with E-state index in [-0.39, 0.29) is 18.0 Å². The zero-order valence-corrected chi connectivity index (χ0v) is 14.6. The summed E-state index contributed by atoms with van der Waals surface area (Å²) in [5, 5.41) is 5.54. The van der Waals surface area contributed by atoms with Gasteiger partial charge in [0.05, 0.1) is 0 Å². The van der Waals surface area contributed by atoms with Gasteiger partial charge in [0.2, 0.25) is 11.9 Å². The number of hydrogen-bond donors (Lipinski definition) is 4. The molecule has 2 amide bonds. The molecule has 0 bridgehead atoms. The Bertz CT molecular complexity index is 857. The summed E-state index contributed by atoms with van der Waals surface area (Å²) >= 11 is 0. The van der Waals surface area contributed by atoms with Gasteiger partial charge < -0.3 is 22.1 Å². The molecule has 1 aliphatic rings. The van der Waals surface area contributed by atoms with E-state index in [0.717, 1.165) is 11.4 Å². The molecule has 2 aromatic carbocycles. The van der Waals surface area contributed by atoms with Crippen LogP contribution in [0.25, 0.3) is 0 Å². The Morgan fingerprint density at radius 1 is 0.962 bits per heavy atom. The highest BCUT2D eigenvalue weighted by atomic mass is 16.2. The van der Waals surface area contributed by atoms with Crippen molar-refractivity contribution < 1.29 is 4.79 Å². The number of guanidine groups is 2. The highest BCUT2D eigenvalue weighted by molar-refractivity contribution is 6.05. The number of nitrogens with one attached hydrogen (secondary N) is 2. The first-order chi connectivity index (χ1) is 12.3. The summed E-state index contributed by atoms with van der Waals surface area (Å²) in [6.07, 6.45) is 0. The van der Waals surface area contributed by atoms with Crippen molar-refractivity contribution in [2.75, 3.05) is 15.5 Å². The maximum Gasteiger partial charge on any atom is 0.323 e. The highest BCUT2D eigenvalue weighted by Crippen LogP contribution is 2.28. The van der Waals surface area contributed by atoms with E-state index >= 15 is 0 Å². The average Bonchev–Trinajstić information content (AvgIpc) is 2.55. The molecule has 134 valence electrons. The van der Waals surface area contributed by atoms with Crippen molar-refractivity contribution in [2.24, 2.45) is 21.5 Å². The average molecular weight is 351 g/mol. The summed E-state index contributed by atoms with van der Waals surface area (Å²) in [4.78, 5) is 22.2. The van der Waals surface area contributed by atoms with Crippen LogP contribution in [0.4, 0.5) is 21.9 Å². The van der Waals surface area contributed by atoms with Crippen molar-refractivity contribution in [3.63, 3.8) is 0 Å². The van der Waals surface area contributed by atoms with Crippen molar-refractivity contribution in [3.05, 3.63) is 54.6 Å². The second-order valence-corrected chi connectivity index (χ2v) is 6.26. The summed E-state index contributed by atoms with van der Waals surface area (Å²) in [6.45, 7) is 3.78. The molecule has 0 unspecified atom stereocenters. The fourth-order valence-corrected chi connectivity index (χ4v) is 2.76. The van der Waals surface area contributed by atoms with Crippen LogP contribution in [0, 0.1) is 0 Å². The quantitative estimate of drug-likeness (QED) is 0.679. The Kier molecular flexibility index (Phi) is 4.49. The van der Waals surface area contributed by atoms with E-state index < -0.39 is 5.66 Å². The third kappa shape index (κ3) is 3.75. The minimum atomic E-state index is -0.657. The summed E-state index contributed by atoms with van der Waals surface area (Å²) in [6, 6.07) is 16.1. The van der Waals surface area contributed by atoms with E-state index in [1.807, 2.05) is 56.3 Å². The van der Waals surface area contributed by atoms with Gasteiger partial charge in [0.1, 0.15) is 5.66 Å². The van der Waals surface area contributed by atoms with E-state index in [1.54, 1.807) is 17.0 Å². The predicted octanol–water partition coefficient (Wildman–Crippen LogP) is 2.52. The molecule has 26 heavy (non-hydrogen) atoms. The first-order valence-electron chi connectivity index (χ1n) is 8.08. The van der Waals surface area contributed by atoms with Crippen LogP contribution in [0.5, 0.6) is 0 Å². The lowest BCUT2D eigenvalue weighted by atomic mass is 10.1. The number of para-hydroxylation sites is 1. The largest absolute Gasteiger partial charge is 0.369 e. The van der Waals surface area contributed by atoms with Crippen LogP contribution in [0.15, 0.2) is 64.6 Å². The van der Waals surface area contributed by atoms with Crippen molar-refractivity contribution in [1.29, 1.82) is 0 Å². The number of aliphatic imine (C=N–C) groups is 2. The normalized spacial score (nSPS) is 15.7. The Balaban J connectivity index is 1.71. The first-order valence-corrected chi connectivity index (χ1v) is 8.08. The fraction of sp³-hybridized carbons (Fsp3) is 0.167. The highest BCUT2D eigenvalue weighted by Gasteiger charge is 2.32. The number of carbonyl (C=O) groups excluding carboxylic acids is 1. The summed E-state index contributed by atoms with van der Waals surface area (Å²) in [5.74, 6) is 0.421. The van der Waals surface area contributed by atoms with Crippen molar-refractivity contribution in [2.45, 2.75) is 19.5 Å². The SMILES string of the molecule is CC1(C)N=C(N)N=C(N)N1c1ccc(NC(=O)Nc2ccccc2)cc1. The molecule has 0 radical (unpaired) electrons. The van der Waals surface area contributed by atoms with Gasteiger partial charge in [0.15, 0.2) is 0 Å². The van der Waals surface area contributed by atoms with Gasteiger partial charge in [-0.3, -0.25) is 4.90 Å². The number of amides is 2. The zero-order valence-electron chi connectivity index (χ0n) is 14.6. The van der Waals surface area contributed by atoms with Crippen molar-refractivity contribution in [3.8, 4) is 0 Å². The fourth-order valence-electron chi connectivity index (χ4n) is 2.76. The molecule has 0 aromatic heterocycles. The van der Waals surface area contributed by atoms with Gasteiger partial charge >= 0.3 is 6.03 Å². The van der Waals surface area contributed by atoms with Crippen LogP contribution in [0.3, 0.4) is 0 Å². The van der Waals surface area contributed by atoms with Crippen LogP contribution in [0.2, 0.25) is 0 Å². The van der Waals surface area contributed by atoms with Gasteiger partial charge in [-0.25, -0.2) is 9.79 Å². The number of hydrogen-bond acceptors (Lipinski definition) is 6. The minimum absolute atomic E-state index is 0.152. The molecule has 0 aliphatic carbocycles. The molecular formula is C18H21N7O. The topological polar surface area (TPSA) is 121 Å². The first kappa shape index (κ1) is 17.3. The van der Waals surface area contributed by atoms with Crippen LogP contribution >= 0.6 is 0 Å². The number of anilines is 3. The molecule has 0 saturated heterocycles. The smallest absolute Gasteiger partial charge is 0.323 e. The van der Waals surface area contributed by atoms with E-state index in [9.17, 15) is 4.79 Å². The molecule has 3 rings (SSSR count). The third-order valence-electron chi connectivity index (χ3n) is 3.81. The monoisotopic (exact) mass is 351 g/mol. The second-order valence-electron chi connectivity index (χ2n) is 6.26. The summed E-state index contributed by atoms with van der Waals surface area (Å²) < 4.78 is 0. The Hall–Kier alpha value is -3.55. The number of nitrogens with two attached hydrogens (primary N) is 2. The van der Waals surface area contributed by atoms with Crippen LogP contribution < -0.4 is 27.0 Å². The number of benzene rings is 2. The Morgan fingerprint density at radius 2 is 1.54 bits per heavy atom. The molecule has 8 nitrogen and oxygen atoms in total. The van der Waals surface area contributed by atoms with E-state index in [4.69, 9.17) is 11.5 Å². The zero-order chi connectivity index (χ0) is 18.7. The molecule has 1 heterocycles. The second kappa shape index (κ2) is 6.75. The lowest BCUT2D eigenvalue weighted by molar-refractivity contribution is 0.262. The molecular weight excluding hydrogens is 330 g/mol. The molecule has 2 aromatic rings. The van der Waals surface area contributed by atoms with Gasteiger partial charge in [0, 0.05) is 17.1 Å². The molecule has 8 heteroatoms. The Labute approximate surface area is 151 Å². The molecule has 0 saturated carbocycles. The van der Waals surface area contributed by atoms with Gasteiger partial charge in [-0.1, -0.05) is 18.2 Å². The standard InChI is InChI=1S/C18H21N7O/c1-18(2)24-15(19)23-16(20)25(18)14-10-8-13(9-11-14)22-17(26)21-12-6-4-3-5-7-12/h3-11H,1-2H3,(H2,21,22,26)(H4,19,20,23,24). The maximum atomic E-state index is 12.1. The number of rotatable bonds is 3. The van der Waals surface area contributed by atoms with Gasteiger partial charge in [-0.2, -0.15) is 4.99 Å². The van der Waals surface area contributed by atoms with Gasteiger partial charge in [-0.15, -0.1) is 0 Å².